The molecule has 0 bridgehead atoms. The van der Waals surface area contributed by atoms with Crippen molar-refractivity contribution in [3.63, 3.8) is 0 Å². The molecule has 2 aliphatic rings. The maximum atomic E-state index is 12.4. The van der Waals surface area contributed by atoms with Gasteiger partial charge in [-0.15, -0.1) is 0 Å². The number of nitrogens with one attached hydrogen (secondary N) is 1. The predicted molar refractivity (Wildman–Crippen MR) is 85.2 cm³/mol. The summed E-state index contributed by atoms with van der Waals surface area (Å²) in [6.07, 6.45) is 4.75. The number of hydrogen-bond donors (Lipinski definition) is 2. The number of nitrogens with zero attached hydrogens (tertiary/aromatic N) is 2. The third-order valence-electron chi connectivity index (χ3n) is 4.69. The van der Waals surface area contributed by atoms with Gasteiger partial charge in [0.2, 0.25) is 0 Å². The van der Waals surface area contributed by atoms with E-state index in [9.17, 15) is 8.42 Å². The highest BCUT2D eigenvalue weighted by molar-refractivity contribution is 7.87. The Bertz CT molecular complexity index is 399. The Hall–Kier alpha value is -0.210. The van der Waals surface area contributed by atoms with Gasteiger partial charge in [0, 0.05) is 19.1 Å². The Kier molecular flexibility index (Phi) is 6.43. The zero-order valence-electron chi connectivity index (χ0n) is 13.1. The van der Waals surface area contributed by atoms with Crippen LogP contribution >= 0.6 is 0 Å². The van der Waals surface area contributed by atoms with Crippen LogP contribution in [0.5, 0.6) is 0 Å². The van der Waals surface area contributed by atoms with Crippen LogP contribution in [0.2, 0.25) is 0 Å². The number of nitrogens with two attached hydrogens (primary N) is 1. The van der Waals surface area contributed by atoms with Crippen molar-refractivity contribution in [3.8, 4) is 0 Å². The summed E-state index contributed by atoms with van der Waals surface area (Å²) in [4.78, 5) is 2.41. The number of piperidine rings is 2. The molecule has 21 heavy (non-hydrogen) atoms. The third kappa shape index (κ3) is 4.89. The van der Waals surface area contributed by atoms with E-state index < -0.39 is 10.2 Å². The summed E-state index contributed by atoms with van der Waals surface area (Å²) in [6, 6.07) is 0.0929. The van der Waals surface area contributed by atoms with Crippen molar-refractivity contribution >= 4 is 10.2 Å². The minimum atomic E-state index is -3.32. The predicted octanol–water partition coefficient (Wildman–Crippen LogP) is 0.366. The molecule has 0 spiro atoms. The molecule has 2 aliphatic heterocycles. The Balaban J connectivity index is 1.79. The van der Waals surface area contributed by atoms with Crippen LogP contribution in [0.3, 0.4) is 0 Å². The normalized spacial score (nSPS) is 24.5. The maximum Gasteiger partial charge on any atom is 0.279 e. The zero-order chi connectivity index (χ0) is 15.3. The topological polar surface area (TPSA) is 78.7 Å². The van der Waals surface area contributed by atoms with Crippen molar-refractivity contribution in [3.05, 3.63) is 0 Å². The number of hydrogen-bond acceptors (Lipinski definition) is 4. The molecule has 0 atom stereocenters. The molecule has 0 saturated carbocycles. The van der Waals surface area contributed by atoms with Gasteiger partial charge in [0.15, 0.2) is 0 Å². The molecule has 0 aromatic rings. The van der Waals surface area contributed by atoms with E-state index in [4.69, 9.17) is 5.73 Å². The highest BCUT2D eigenvalue weighted by Crippen LogP contribution is 2.19. The maximum absolute atomic E-state index is 12.4. The van der Waals surface area contributed by atoms with Gasteiger partial charge < -0.3 is 10.6 Å². The summed E-state index contributed by atoms with van der Waals surface area (Å²) in [5, 5.41) is 0. The van der Waals surface area contributed by atoms with Gasteiger partial charge in [-0.3, -0.25) is 0 Å². The highest BCUT2D eigenvalue weighted by Gasteiger charge is 2.30. The van der Waals surface area contributed by atoms with Gasteiger partial charge in [0.1, 0.15) is 0 Å². The van der Waals surface area contributed by atoms with E-state index in [1.165, 1.54) is 0 Å². The first-order chi connectivity index (χ1) is 10.0. The van der Waals surface area contributed by atoms with E-state index in [2.05, 4.69) is 16.5 Å². The zero-order valence-corrected chi connectivity index (χ0v) is 13.9. The molecule has 124 valence electrons. The van der Waals surface area contributed by atoms with Crippen LogP contribution in [0, 0.1) is 5.92 Å². The molecule has 2 rings (SSSR count). The monoisotopic (exact) mass is 318 g/mol. The van der Waals surface area contributed by atoms with Gasteiger partial charge in [-0.2, -0.15) is 17.4 Å². The second-order valence-electron chi connectivity index (χ2n) is 6.32. The van der Waals surface area contributed by atoms with Crippen LogP contribution in [0.4, 0.5) is 0 Å². The lowest BCUT2D eigenvalue weighted by Gasteiger charge is -2.35. The summed E-state index contributed by atoms with van der Waals surface area (Å²) in [5.41, 5.74) is 5.66. The second-order valence-corrected chi connectivity index (χ2v) is 8.02. The standard InChI is InChI=1S/C14H30N4O2S/c1-2-7-17-8-5-14(6-9-17)16-21(19,20)18-10-3-13(12-15)4-11-18/h13-14,16H,2-12,15H2,1H3. The molecule has 2 heterocycles. The van der Waals surface area contributed by atoms with E-state index in [0.717, 1.165) is 51.7 Å². The fraction of sp³-hybridized carbons (Fsp3) is 1.00. The molecule has 3 N–H and O–H groups in total. The number of rotatable bonds is 6. The van der Waals surface area contributed by atoms with E-state index in [0.29, 0.717) is 25.6 Å². The molecule has 2 fully saturated rings. The number of likely N-dealkylation sites (tertiary alicyclic amines) is 1. The molecule has 0 amide bonds. The summed E-state index contributed by atoms with van der Waals surface area (Å²) in [7, 11) is -3.32. The smallest absolute Gasteiger partial charge is 0.279 e. The molecule has 0 aliphatic carbocycles. The fourth-order valence-corrected chi connectivity index (χ4v) is 4.76. The molecule has 0 aromatic carbocycles. The second kappa shape index (κ2) is 7.87. The van der Waals surface area contributed by atoms with Crippen molar-refractivity contribution in [2.45, 2.75) is 45.1 Å². The van der Waals surface area contributed by atoms with Crippen molar-refractivity contribution in [2.24, 2.45) is 11.7 Å². The SMILES string of the molecule is CCCN1CCC(NS(=O)(=O)N2CCC(CN)CC2)CC1. The first kappa shape index (κ1) is 17.1. The quantitative estimate of drug-likeness (QED) is 0.741. The molecule has 6 nitrogen and oxygen atoms in total. The Labute approximate surface area is 129 Å². The van der Waals surface area contributed by atoms with E-state index in [-0.39, 0.29) is 6.04 Å². The Morgan fingerprint density at radius 1 is 1.10 bits per heavy atom. The molecular formula is C14H30N4O2S. The summed E-state index contributed by atoms with van der Waals surface area (Å²) >= 11 is 0. The van der Waals surface area contributed by atoms with Crippen LogP contribution in [0.25, 0.3) is 0 Å². The summed E-state index contributed by atoms with van der Waals surface area (Å²) in [5.74, 6) is 0.480. The molecule has 7 heteroatoms. The van der Waals surface area contributed by atoms with Gasteiger partial charge in [0.05, 0.1) is 0 Å². The minimum Gasteiger partial charge on any atom is -0.330 e. The van der Waals surface area contributed by atoms with Crippen LogP contribution in [0.15, 0.2) is 0 Å². The lowest BCUT2D eigenvalue weighted by molar-refractivity contribution is 0.205. The molecule has 0 aromatic heterocycles. The minimum absolute atomic E-state index is 0.0929. The van der Waals surface area contributed by atoms with Crippen molar-refractivity contribution in [1.29, 1.82) is 0 Å². The largest absolute Gasteiger partial charge is 0.330 e. The molecule has 2 saturated heterocycles. The van der Waals surface area contributed by atoms with Gasteiger partial charge in [-0.1, -0.05) is 6.92 Å². The van der Waals surface area contributed by atoms with Crippen molar-refractivity contribution in [2.75, 3.05) is 39.3 Å². The van der Waals surface area contributed by atoms with E-state index >= 15 is 0 Å². The lowest BCUT2D eigenvalue weighted by atomic mass is 9.99. The van der Waals surface area contributed by atoms with Crippen LogP contribution in [-0.2, 0) is 10.2 Å². The van der Waals surface area contributed by atoms with Gasteiger partial charge in [-0.25, -0.2) is 0 Å². The fourth-order valence-electron chi connectivity index (χ4n) is 3.26. The van der Waals surface area contributed by atoms with E-state index in [1.54, 1.807) is 4.31 Å². The van der Waals surface area contributed by atoms with Crippen LogP contribution in [-0.4, -0.2) is 62.9 Å². The van der Waals surface area contributed by atoms with Gasteiger partial charge >= 0.3 is 0 Å². The van der Waals surface area contributed by atoms with Gasteiger partial charge in [0.25, 0.3) is 10.2 Å². The third-order valence-corrected chi connectivity index (χ3v) is 6.37. The lowest BCUT2D eigenvalue weighted by Crippen LogP contribution is -2.51. The van der Waals surface area contributed by atoms with Gasteiger partial charge in [-0.05, 0) is 64.2 Å². The Morgan fingerprint density at radius 3 is 2.24 bits per heavy atom. The first-order valence-electron chi connectivity index (χ1n) is 8.25. The molecule has 0 radical (unpaired) electrons. The summed E-state index contributed by atoms with van der Waals surface area (Å²) in [6.45, 7) is 7.16. The average Bonchev–Trinajstić information content (AvgIpc) is 2.49. The Morgan fingerprint density at radius 2 is 1.71 bits per heavy atom. The van der Waals surface area contributed by atoms with Crippen LogP contribution < -0.4 is 10.5 Å². The molecule has 0 unspecified atom stereocenters. The summed E-state index contributed by atoms with van der Waals surface area (Å²) < 4.78 is 29.3. The molecular weight excluding hydrogens is 288 g/mol. The average molecular weight is 318 g/mol. The van der Waals surface area contributed by atoms with Crippen LogP contribution in [0.1, 0.15) is 39.0 Å². The van der Waals surface area contributed by atoms with E-state index in [1.807, 2.05) is 0 Å². The first-order valence-corrected chi connectivity index (χ1v) is 9.69. The van der Waals surface area contributed by atoms with Crippen molar-refractivity contribution in [1.82, 2.24) is 13.9 Å². The van der Waals surface area contributed by atoms with Crippen molar-refractivity contribution < 1.29 is 8.42 Å². The highest BCUT2D eigenvalue weighted by atomic mass is 32.2.